The van der Waals surface area contributed by atoms with Gasteiger partial charge < -0.3 is 8.92 Å². The van der Waals surface area contributed by atoms with Gasteiger partial charge in [-0.05, 0) is 18.9 Å². The van der Waals surface area contributed by atoms with Gasteiger partial charge in [0.25, 0.3) is 0 Å². The van der Waals surface area contributed by atoms with Crippen LogP contribution < -0.4 is 8.92 Å². The lowest BCUT2D eigenvalue weighted by molar-refractivity contribution is -0.0500. The Morgan fingerprint density at radius 2 is 1.82 bits per heavy atom. The predicted molar refractivity (Wildman–Crippen MR) is 124 cm³/mol. The van der Waals surface area contributed by atoms with Crippen molar-refractivity contribution in [2.24, 2.45) is 4.99 Å². The standard InChI is InChI=1S/C23H26F3NO4S2/c1-4-6-12-22(5-2)15-32-20-14-19(31-33(28,29)23(24,25)26)18(30-3)13-17(20)21(27-22)16-10-8-7-9-11-16/h7-11,13-14H,4-6,12,15H2,1-3H3. The van der Waals surface area contributed by atoms with Crippen LogP contribution in [0.15, 0.2) is 52.4 Å². The number of methoxy groups -OCH3 is 1. The molecule has 180 valence electrons. The van der Waals surface area contributed by atoms with E-state index in [2.05, 4.69) is 18.0 Å². The van der Waals surface area contributed by atoms with Crippen LogP contribution in [0.4, 0.5) is 13.2 Å². The lowest BCUT2D eigenvalue weighted by Gasteiger charge is -2.28. The summed E-state index contributed by atoms with van der Waals surface area (Å²) in [6.45, 7) is 4.18. The van der Waals surface area contributed by atoms with Crippen LogP contribution in [0, 0.1) is 0 Å². The monoisotopic (exact) mass is 501 g/mol. The van der Waals surface area contributed by atoms with Crippen molar-refractivity contribution in [3.8, 4) is 11.5 Å². The lowest BCUT2D eigenvalue weighted by atomic mass is 9.91. The molecule has 0 aliphatic carbocycles. The molecule has 0 amide bonds. The van der Waals surface area contributed by atoms with Crippen molar-refractivity contribution in [1.82, 2.24) is 0 Å². The van der Waals surface area contributed by atoms with Gasteiger partial charge in [0, 0.05) is 27.8 Å². The SMILES string of the molecule is CCCCC1(CC)CSc2cc(OS(=O)(=O)C(F)(F)F)c(OC)cc2C(c2ccccc2)=N1. The van der Waals surface area contributed by atoms with Gasteiger partial charge >= 0.3 is 15.6 Å². The first-order valence-corrected chi connectivity index (χ1v) is 13.0. The number of thioether (sulfide) groups is 1. The van der Waals surface area contributed by atoms with Gasteiger partial charge in [-0.25, -0.2) is 0 Å². The van der Waals surface area contributed by atoms with Crippen LogP contribution in [0.1, 0.15) is 50.7 Å². The molecular weight excluding hydrogens is 475 g/mol. The first-order valence-electron chi connectivity index (χ1n) is 10.6. The summed E-state index contributed by atoms with van der Waals surface area (Å²) in [5.74, 6) is -0.0284. The van der Waals surface area contributed by atoms with E-state index in [9.17, 15) is 21.6 Å². The number of aliphatic imine (C=N–C) groups is 1. The predicted octanol–water partition coefficient (Wildman–Crippen LogP) is 6.21. The van der Waals surface area contributed by atoms with Crippen LogP contribution in [0.25, 0.3) is 0 Å². The van der Waals surface area contributed by atoms with Crippen molar-refractivity contribution in [1.29, 1.82) is 0 Å². The molecule has 3 rings (SSSR count). The number of hydrogen-bond acceptors (Lipinski definition) is 6. The summed E-state index contributed by atoms with van der Waals surface area (Å²) in [5, 5.41) is 0. The molecule has 0 saturated carbocycles. The summed E-state index contributed by atoms with van der Waals surface area (Å²) in [4.78, 5) is 5.78. The van der Waals surface area contributed by atoms with Gasteiger partial charge in [-0.3, -0.25) is 4.99 Å². The summed E-state index contributed by atoms with van der Waals surface area (Å²) in [5.41, 5.74) is -3.71. The average Bonchev–Trinajstić information content (AvgIpc) is 2.94. The van der Waals surface area contributed by atoms with Crippen molar-refractivity contribution in [2.45, 2.75) is 55.5 Å². The quantitative estimate of drug-likeness (QED) is 0.318. The maximum Gasteiger partial charge on any atom is 0.534 e. The van der Waals surface area contributed by atoms with E-state index in [0.29, 0.717) is 21.9 Å². The molecule has 1 unspecified atom stereocenters. The van der Waals surface area contributed by atoms with E-state index in [1.165, 1.54) is 31.0 Å². The molecule has 0 radical (unpaired) electrons. The van der Waals surface area contributed by atoms with E-state index < -0.39 is 21.4 Å². The Morgan fingerprint density at radius 1 is 1.12 bits per heavy atom. The summed E-state index contributed by atoms with van der Waals surface area (Å²) in [6.07, 6.45) is 3.64. The second kappa shape index (κ2) is 9.97. The van der Waals surface area contributed by atoms with Crippen molar-refractivity contribution in [2.75, 3.05) is 12.9 Å². The third kappa shape index (κ3) is 5.48. The topological polar surface area (TPSA) is 65.0 Å². The maximum absolute atomic E-state index is 12.9. The first kappa shape index (κ1) is 25.4. The van der Waals surface area contributed by atoms with Crippen LogP contribution >= 0.6 is 11.8 Å². The fourth-order valence-electron chi connectivity index (χ4n) is 3.59. The highest BCUT2D eigenvalue weighted by atomic mass is 32.2. The van der Waals surface area contributed by atoms with Crippen LogP contribution in [0.3, 0.4) is 0 Å². The molecule has 0 fully saturated rings. The molecule has 2 aromatic rings. The highest BCUT2D eigenvalue weighted by molar-refractivity contribution is 7.99. The third-order valence-electron chi connectivity index (χ3n) is 5.55. The number of fused-ring (bicyclic) bond motifs is 1. The van der Waals surface area contributed by atoms with E-state index in [-0.39, 0.29) is 11.3 Å². The molecule has 0 bridgehead atoms. The first-order chi connectivity index (χ1) is 15.6. The van der Waals surface area contributed by atoms with Gasteiger partial charge in [-0.15, -0.1) is 11.8 Å². The summed E-state index contributed by atoms with van der Waals surface area (Å²) < 4.78 is 71.7. The molecular formula is C23H26F3NO4S2. The van der Waals surface area contributed by atoms with E-state index >= 15 is 0 Å². The third-order valence-corrected chi connectivity index (χ3v) is 7.85. The fourth-order valence-corrected chi connectivity index (χ4v) is 5.39. The minimum absolute atomic E-state index is 0.122. The Hall–Kier alpha value is -2.20. The highest BCUT2D eigenvalue weighted by Gasteiger charge is 2.49. The molecule has 1 heterocycles. The van der Waals surface area contributed by atoms with Gasteiger partial charge in [-0.2, -0.15) is 21.6 Å². The zero-order valence-electron chi connectivity index (χ0n) is 18.6. The number of hydrogen-bond donors (Lipinski definition) is 0. The zero-order chi connectivity index (χ0) is 24.3. The Balaban J connectivity index is 2.18. The second-order valence-corrected chi connectivity index (χ2v) is 10.3. The van der Waals surface area contributed by atoms with Gasteiger partial charge in [0.2, 0.25) is 0 Å². The van der Waals surface area contributed by atoms with Gasteiger partial charge in [0.15, 0.2) is 11.5 Å². The Bertz CT molecular complexity index is 1120. The molecule has 1 atom stereocenters. The minimum Gasteiger partial charge on any atom is -0.493 e. The van der Waals surface area contributed by atoms with Crippen LogP contribution in [0.5, 0.6) is 11.5 Å². The van der Waals surface area contributed by atoms with Crippen molar-refractivity contribution >= 4 is 27.6 Å². The van der Waals surface area contributed by atoms with E-state index in [4.69, 9.17) is 9.73 Å². The van der Waals surface area contributed by atoms with Crippen LogP contribution in [0.2, 0.25) is 0 Å². The number of ether oxygens (including phenoxy) is 1. The summed E-state index contributed by atoms with van der Waals surface area (Å²) in [7, 11) is -4.60. The molecule has 5 nitrogen and oxygen atoms in total. The highest BCUT2D eigenvalue weighted by Crippen LogP contribution is 2.43. The maximum atomic E-state index is 12.9. The van der Waals surface area contributed by atoms with Crippen LogP contribution in [-0.2, 0) is 10.1 Å². The molecule has 0 spiro atoms. The molecule has 0 saturated heterocycles. The molecule has 1 aliphatic rings. The van der Waals surface area contributed by atoms with Crippen molar-refractivity contribution < 1.29 is 30.5 Å². The Kier molecular flexibility index (Phi) is 7.68. The van der Waals surface area contributed by atoms with E-state index in [1.54, 1.807) is 0 Å². The molecule has 0 aromatic heterocycles. The molecule has 0 N–H and O–H groups in total. The normalized spacial score (nSPS) is 18.8. The van der Waals surface area contributed by atoms with E-state index in [0.717, 1.165) is 31.2 Å². The second-order valence-electron chi connectivity index (χ2n) is 7.78. The van der Waals surface area contributed by atoms with Crippen LogP contribution in [-0.4, -0.2) is 38.0 Å². The Morgan fingerprint density at radius 3 is 2.39 bits per heavy atom. The summed E-state index contributed by atoms with van der Waals surface area (Å²) in [6, 6.07) is 12.3. The van der Waals surface area contributed by atoms with Crippen molar-refractivity contribution in [3.05, 3.63) is 53.6 Å². The van der Waals surface area contributed by atoms with Gasteiger partial charge in [-0.1, -0.05) is 57.0 Å². The number of alkyl halides is 3. The number of nitrogens with zero attached hydrogens (tertiary/aromatic N) is 1. The molecule has 2 aromatic carbocycles. The van der Waals surface area contributed by atoms with E-state index in [1.807, 2.05) is 30.3 Å². The lowest BCUT2D eigenvalue weighted by Crippen LogP contribution is -2.29. The minimum atomic E-state index is -5.84. The fraction of sp³-hybridized carbons (Fsp3) is 0.435. The number of rotatable bonds is 8. The zero-order valence-corrected chi connectivity index (χ0v) is 20.2. The molecule has 33 heavy (non-hydrogen) atoms. The Labute approximate surface area is 196 Å². The number of benzene rings is 2. The number of halogens is 3. The van der Waals surface area contributed by atoms with Crippen molar-refractivity contribution in [3.63, 3.8) is 0 Å². The average molecular weight is 502 g/mol. The molecule has 1 aliphatic heterocycles. The smallest absolute Gasteiger partial charge is 0.493 e. The number of unbranched alkanes of at least 4 members (excludes halogenated alkanes) is 1. The van der Waals surface area contributed by atoms with Gasteiger partial charge in [0.1, 0.15) is 0 Å². The van der Waals surface area contributed by atoms with Gasteiger partial charge in [0.05, 0.1) is 18.4 Å². The largest absolute Gasteiger partial charge is 0.534 e. The molecule has 10 heteroatoms. The summed E-state index contributed by atoms with van der Waals surface area (Å²) >= 11 is 1.43.